The van der Waals surface area contributed by atoms with Gasteiger partial charge in [0, 0.05) is 24.5 Å². The number of hydrogen-bond donors (Lipinski definition) is 1. The summed E-state index contributed by atoms with van der Waals surface area (Å²) in [6.07, 6.45) is 3.24. The second-order valence-electron chi connectivity index (χ2n) is 8.28. The fraction of sp³-hybridized carbons (Fsp3) is 0.0690. The van der Waals surface area contributed by atoms with Crippen molar-refractivity contribution in [2.75, 3.05) is 0 Å². The summed E-state index contributed by atoms with van der Waals surface area (Å²) in [6.45, 7) is 0.104. The highest BCUT2D eigenvalue weighted by atomic mass is 19.1. The summed E-state index contributed by atoms with van der Waals surface area (Å²) >= 11 is 0. The Bertz CT molecular complexity index is 1440. The van der Waals surface area contributed by atoms with E-state index in [1.54, 1.807) is 48.8 Å². The zero-order valence-electron chi connectivity index (χ0n) is 19.0. The van der Waals surface area contributed by atoms with Crippen molar-refractivity contribution in [2.45, 2.75) is 12.6 Å². The van der Waals surface area contributed by atoms with Gasteiger partial charge in [-0.2, -0.15) is 0 Å². The largest absolute Gasteiger partial charge is 0.507 e. The minimum absolute atomic E-state index is 0.0765. The molecule has 2 heterocycles. The number of amides is 1. The molecular weight excluding hydrogens is 459 g/mol. The number of benzene rings is 3. The summed E-state index contributed by atoms with van der Waals surface area (Å²) in [7, 11) is 0. The lowest BCUT2D eigenvalue weighted by Gasteiger charge is -2.25. The summed E-state index contributed by atoms with van der Waals surface area (Å²) in [4.78, 5) is 31.9. The van der Waals surface area contributed by atoms with Crippen LogP contribution in [-0.4, -0.2) is 26.7 Å². The van der Waals surface area contributed by atoms with E-state index in [9.17, 15) is 19.1 Å². The molecule has 0 saturated carbocycles. The normalized spacial score (nSPS) is 16.8. The fourth-order valence-corrected chi connectivity index (χ4v) is 4.21. The van der Waals surface area contributed by atoms with Crippen molar-refractivity contribution in [3.63, 3.8) is 0 Å². The molecule has 4 aromatic rings. The number of hydrogen-bond acceptors (Lipinski definition) is 5. The van der Waals surface area contributed by atoms with Crippen molar-refractivity contribution in [1.82, 2.24) is 9.88 Å². The van der Waals surface area contributed by atoms with E-state index < -0.39 is 23.5 Å². The van der Waals surface area contributed by atoms with Gasteiger partial charge in [0.25, 0.3) is 11.7 Å². The molecule has 1 amide bonds. The molecule has 1 aliphatic heterocycles. The summed E-state index contributed by atoms with van der Waals surface area (Å²) in [5, 5.41) is 11.1. The van der Waals surface area contributed by atoms with E-state index in [1.807, 2.05) is 30.3 Å². The van der Waals surface area contributed by atoms with Crippen LogP contribution in [0.2, 0.25) is 0 Å². The predicted molar refractivity (Wildman–Crippen MR) is 131 cm³/mol. The second kappa shape index (κ2) is 9.84. The number of carbonyl (C=O) groups excluding carboxylic acids is 2. The number of ketones is 1. The Balaban J connectivity index is 1.61. The maximum Gasteiger partial charge on any atom is 0.295 e. The van der Waals surface area contributed by atoms with Gasteiger partial charge < -0.3 is 14.7 Å². The molecule has 36 heavy (non-hydrogen) atoms. The average Bonchev–Trinajstić information content (AvgIpc) is 3.15. The van der Waals surface area contributed by atoms with Gasteiger partial charge in [0.15, 0.2) is 0 Å². The molecular formula is C29H21FN2O4. The third-order valence-electron chi connectivity index (χ3n) is 5.89. The molecule has 1 N–H and O–H groups in total. The number of halogens is 1. The number of Topliss-reactive ketones (excluding diaryl/α,β-unsaturated/α-hetero) is 1. The van der Waals surface area contributed by atoms with E-state index in [2.05, 4.69) is 4.98 Å². The van der Waals surface area contributed by atoms with Crippen molar-refractivity contribution in [3.8, 4) is 11.5 Å². The summed E-state index contributed by atoms with van der Waals surface area (Å²) < 4.78 is 19.4. The van der Waals surface area contributed by atoms with Gasteiger partial charge in [-0.25, -0.2) is 4.39 Å². The number of likely N-dealkylation sites (tertiary alicyclic amines) is 1. The van der Waals surface area contributed by atoms with Crippen molar-refractivity contribution in [1.29, 1.82) is 0 Å². The van der Waals surface area contributed by atoms with Gasteiger partial charge in [-0.3, -0.25) is 14.6 Å². The molecule has 0 bridgehead atoms. The third-order valence-corrected chi connectivity index (χ3v) is 5.89. The molecule has 0 aliphatic carbocycles. The topological polar surface area (TPSA) is 79.7 Å². The van der Waals surface area contributed by atoms with Gasteiger partial charge in [0.1, 0.15) is 23.1 Å². The van der Waals surface area contributed by atoms with Crippen LogP contribution in [0, 0.1) is 5.82 Å². The fourth-order valence-electron chi connectivity index (χ4n) is 4.21. The van der Waals surface area contributed by atoms with Crippen molar-refractivity contribution in [3.05, 3.63) is 131 Å². The quantitative estimate of drug-likeness (QED) is 0.220. The Hall–Kier alpha value is -4.78. The van der Waals surface area contributed by atoms with Crippen molar-refractivity contribution in [2.24, 2.45) is 0 Å². The molecule has 1 aromatic heterocycles. The number of nitrogens with zero attached hydrogens (tertiary/aromatic N) is 2. The third kappa shape index (κ3) is 4.59. The number of para-hydroxylation sites is 1. The summed E-state index contributed by atoms with van der Waals surface area (Å²) in [6, 6.07) is 24.0. The Morgan fingerprint density at radius 3 is 2.39 bits per heavy atom. The molecule has 1 fully saturated rings. The van der Waals surface area contributed by atoms with Crippen LogP contribution in [0.4, 0.5) is 4.39 Å². The number of aliphatic hydroxyl groups is 1. The Labute approximate surface area is 206 Å². The summed E-state index contributed by atoms with van der Waals surface area (Å²) in [5.41, 5.74) is 1.46. The van der Waals surface area contributed by atoms with Gasteiger partial charge in [0.05, 0.1) is 11.6 Å². The second-order valence-corrected chi connectivity index (χ2v) is 8.28. The molecule has 6 nitrogen and oxygen atoms in total. The first kappa shape index (κ1) is 23.0. The number of aliphatic hydroxyl groups excluding tert-OH is 1. The Morgan fingerprint density at radius 2 is 1.67 bits per heavy atom. The van der Waals surface area contributed by atoms with Crippen LogP contribution < -0.4 is 4.74 Å². The number of rotatable bonds is 6. The van der Waals surface area contributed by atoms with Gasteiger partial charge in [-0.05, 0) is 65.7 Å². The number of aromatic nitrogens is 1. The standard InChI is InChI=1S/C29H21FN2O4/c30-22-13-11-20(12-14-22)27(33)25-26(32(29(35)28(25)34)18-19-6-5-15-31-17-19)21-7-4-10-24(16-21)36-23-8-2-1-3-9-23/h1-17,26,33H,18H2/b27-25+/t26-/m1/s1. The molecule has 3 aromatic carbocycles. The zero-order chi connectivity index (χ0) is 25.1. The molecule has 1 aliphatic rings. The Morgan fingerprint density at radius 1 is 0.917 bits per heavy atom. The molecule has 0 unspecified atom stereocenters. The lowest BCUT2D eigenvalue weighted by molar-refractivity contribution is -0.140. The van der Waals surface area contributed by atoms with Crippen molar-refractivity contribution < 1.29 is 23.8 Å². The van der Waals surface area contributed by atoms with Crippen LogP contribution in [-0.2, 0) is 16.1 Å². The maximum atomic E-state index is 13.5. The van der Waals surface area contributed by atoms with Crippen LogP contribution in [0.1, 0.15) is 22.7 Å². The molecule has 1 atom stereocenters. The maximum absolute atomic E-state index is 13.5. The lowest BCUT2D eigenvalue weighted by Crippen LogP contribution is -2.29. The number of carbonyl (C=O) groups is 2. The first-order chi connectivity index (χ1) is 17.5. The Kier molecular flexibility index (Phi) is 6.28. The molecule has 0 radical (unpaired) electrons. The molecule has 1 saturated heterocycles. The van der Waals surface area contributed by atoms with E-state index >= 15 is 0 Å². The van der Waals surface area contributed by atoms with Crippen LogP contribution in [0.25, 0.3) is 5.76 Å². The smallest absolute Gasteiger partial charge is 0.295 e. The van der Waals surface area contributed by atoms with Gasteiger partial charge >= 0.3 is 0 Å². The SMILES string of the molecule is O=C1C(=O)N(Cc2cccnc2)[C@H](c2cccc(Oc3ccccc3)c2)/C1=C(\O)c1ccc(F)cc1. The van der Waals surface area contributed by atoms with E-state index in [-0.39, 0.29) is 23.4 Å². The monoisotopic (exact) mass is 480 g/mol. The highest BCUT2D eigenvalue weighted by Gasteiger charge is 2.46. The predicted octanol–water partition coefficient (Wildman–Crippen LogP) is 5.63. The highest BCUT2D eigenvalue weighted by Crippen LogP contribution is 2.41. The molecule has 5 rings (SSSR count). The lowest BCUT2D eigenvalue weighted by atomic mass is 9.95. The first-order valence-electron chi connectivity index (χ1n) is 11.3. The average molecular weight is 480 g/mol. The van der Waals surface area contributed by atoms with E-state index in [0.717, 1.165) is 5.56 Å². The van der Waals surface area contributed by atoms with Gasteiger partial charge in [0.2, 0.25) is 0 Å². The van der Waals surface area contributed by atoms with Crippen LogP contribution in [0.15, 0.2) is 109 Å². The number of pyridine rings is 1. The van der Waals surface area contributed by atoms with Crippen molar-refractivity contribution >= 4 is 17.4 Å². The van der Waals surface area contributed by atoms with E-state index in [1.165, 1.54) is 29.2 Å². The molecule has 7 heteroatoms. The highest BCUT2D eigenvalue weighted by molar-refractivity contribution is 6.46. The summed E-state index contributed by atoms with van der Waals surface area (Å²) in [5.74, 6) is -1.29. The van der Waals surface area contributed by atoms with Crippen LogP contribution in [0.5, 0.6) is 11.5 Å². The minimum Gasteiger partial charge on any atom is -0.507 e. The minimum atomic E-state index is -0.894. The van der Waals surface area contributed by atoms with Gasteiger partial charge in [-0.1, -0.05) is 36.4 Å². The van der Waals surface area contributed by atoms with Crippen LogP contribution >= 0.6 is 0 Å². The van der Waals surface area contributed by atoms with E-state index in [0.29, 0.717) is 17.1 Å². The molecule has 178 valence electrons. The zero-order valence-corrected chi connectivity index (χ0v) is 19.0. The van der Waals surface area contributed by atoms with E-state index in [4.69, 9.17) is 4.74 Å². The first-order valence-corrected chi connectivity index (χ1v) is 11.3. The molecule has 0 spiro atoms. The van der Waals surface area contributed by atoms with Gasteiger partial charge in [-0.15, -0.1) is 0 Å². The number of ether oxygens (including phenoxy) is 1. The van der Waals surface area contributed by atoms with Crippen LogP contribution in [0.3, 0.4) is 0 Å².